The summed E-state index contributed by atoms with van der Waals surface area (Å²) in [4.78, 5) is 23.8. The third-order valence-corrected chi connectivity index (χ3v) is 3.46. The summed E-state index contributed by atoms with van der Waals surface area (Å²) in [6, 6.07) is 3.72. The molecular weight excluding hydrogens is 280 g/mol. The van der Waals surface area contributed by atoms with E-state index in [4.69, 9.17) is 16.7 Å². The van der Waals surface area contributed by atoms with Crippen molar-refractivity contribution in [2.75, 3.05) is 13.1 Å². The molecule has 1 unspecified atom stereocenters. The first-order chi connectivity index (χ1) is 8.85. The van der Waals surface area contributed by atoms with E-state index >= 15 is 0 Å². The lowest BCUT2D eigenvalue weighted by atomic mass is 10.1. The van der Waals surface area contributed by atoms with Gasteiger partial charge in [-0.25, -0.2) is 13.6 Å². The van der Waals surface area contributed by atoms with E-state index in [0.29, 0.717) is 0 Å². The van der Waals surface area contributed by atoms with Gasteiger partial charge in [-0.05, 0) is 12.1 Å². The first-order valence-electron chi connectivity index (χ1n) is 5.51. The molecule has 2 rings (SSSR count). The first kappa shape index (κ1) is 13.7. The molecule has 1 N–H and O–H groups in total. The Hall–Kier alpha value is -1.69. The molecule has 1 fully saturated rings. The van der Waals surface area contributed by atoms with Crippen LogP contribution in [-0.4, -0.2) is 40.6 Å². The molecule has 0 radical (unpaired) electrons. The fourth-order valence-electron chi connectivity index (χ4n) is 1.96. The lowest BCUT2D eigenvalue weighted by molar-refractivity contribution is -0.149. The highest BCUT2D eigenvalue weighted by Crippen LogP contribution is 2.29. The van der Waals surface area contributed by atoms with E-state index in [1.165, 1.54) is 12.1 Å². The number of aliphatic carboxylic acids is 1. The van der Waals surface area contributed by atoms with Gasteiger partial charge in [-0.2, -0.15) is 0 Å². The maximum absolute atomic E-state index is 13.8. The molecule has 1 aliphatic rings. The van der Waals surface area contributed by atoms with Gasteiger partial charge in [0, 0.05) is 13.0 Å². The smallest absolute Gasteiger partial charge is 0.343 e. The number of rotatable bonds is 2. The summed E-state index contributed by atoms with van der Waals surface area (Å²) in [5, 5.41) is 8.39. The minimum Gasteiger partial charge on any atom is -0.479 e. The van der Waals surface area contributed by atoms with Gasteiger partial charge in [0.2, 0.25) is 5.67 Å². The van der Waals surface area contributed by atoms with Gasteiger partial charge >= 0.3 is 5.97 Å². The Kier molecular flexibility index (Phi) is 3.45. The Balaban J connectivity index is 2.23. The molecule has 0 aliphatic carbocycles. The van der Waals surface area contributed by atoms with Gasteiger partial charge in [0.15, 0.2) is 0 Å². The summed E-state index contributed by atoms with van der Waals surface area (Å²) >= 11 is 5.67. The van der Waals surface area contributed by atoms with Gasteiger partial charge in [-0.15, -0.1) is 0 Å². The third kappa shape index (κ3) is 2.40. The van der Waals surface area contributed by atoms with Crippen molar-refractivity contribution in [3.05, 3.63) is 34.6 Å². The Bertz CT molecular complexity index is 552. The molecule has 0 saturated carbocycles. The fraction of sp³-hybridized carbons (Fsp3) is 0.333. The maximum Gasteiger partial charge on any atom is 0.343 e. The van der Waals surface area contributed by atoms with E-state index in [9.17, 15) is 18.4 Å². The second kappa shape index (κ2) is 4.77. The summed E-state index contributed by atoms with van der Waals surface area (Å²) in [7, 11) is 0. The number of hydrogen-bond acceptors (Lipinski definition) is 2. The van der Waals surface area contributed by atoms with Crippen molar-refractivity contribution in [1.82, 2.24) is 4.90 Å². The van der Waals surface area contributed by atoms with E-state index in [1.807, 2.05) is 0 Å². The van der Waals surface area contributed by atoms with E-state index in [2.05, 4.69) is 0 Å². The zero-order valence-corrected chi connectivity index (χ0v) is 10.5. The predicted octanol–water partition coefficient (Wildman–Crippen LogP) is 2.12. The number of carbonyl (C=O) groups is 2. The van der Waals surface area contributed by atoms with Gasteiger partial charge in [0.25, 0.3) is 5.91 Å². The molecule has 4 nitrogen and oxygen atoms in total. The van der Waals surface area contributed by atoms with Crippen LogP contribution >= 0.6 is 11.6 Å². The van der Waals surface area contributed by atoms with Gasteiger partial charge in [-0.3, -0.25) is 4.79 Å². The van der Waals surface area contributed by atoms with Crippen LogP contribution < -0.4 is 0 Å². The van der Waals surface area contributed by atoms with Gasteiger partial charge in [0.05, 0.1) is 17.1 Å². The molecule has 1 aliphatic heterocycles. The lowest BCUT2D eigenvalue weighted by Crippen LogP contribution is -2.39. The number of carboxylic acid groups (broad SMARTS) is 1. The second-order valence-corrected chi connectivity index (χ2v) is 4.73. The van der Waals surface area contributed by atoms with Crippen LogP contribution in [0, 0.1) is 5.82 Å². The highest BCUT2D eigenvalue weighted by Gasteiger charge is 2.47. The molecule has 102 valence electrons. The molecule has 0 aromatic heterocycles. The van der Waals surface area contributed by atoms with Crippen molar-refractivity contribution in [3.8, 4) is 0 Å². The molecule has 19 heavy (non-hydrogen) atoms. The van der Waals surface area contributed by atoms with Crippen molar-refractivity contribution in [2.24, 2.45) is 0 Å². The molecule has 1 aromatic carbocycles. The monoisotopic (exact) mass is 289 g/mol. The maximum atomic E-state index is 13.8. The molecular formula is C12H10ClF2NO3. The number of hydrogen-bond donors (Lipinski definition) is 1. The van der Waals surface area contributed by atoms with E-state index < -0.39 is 29.9 Å². The highest BCUT2D eigenvalue weighted by molar-refractivity contribution is 6.34. The van der Waals surface area contributed by atoms with Crippen molar-refractivity contribution in [3.63, 3.8) is 0 Å². The number of halogens is 3. The van der Waals surface area contributed by atoms with Crippen LogP contribution in [0.3, 0.4) is 0 Å². The van der Waals surface area contributed by atoms with Crippen LogP contribution in [0.2, 0.25) is 5.02 Å². The predicted molar refractivity (Wildman–Crippen MR) is 63.4 cm³/mol. The Labute approximate surface area is 112 Å². The topological polar surface area (TPSA) is 57.6 Å². The lowest BCUT2D eigenvalue weighted by Gasteiger charge is -2.18. The molecule has 7 heteroatoms. The van der Waals surface area contributed by atoms with Crippen LogP contribution in [0.4, 0.5) is 8.78 Å². The SMILES string of the molecule is O=C(c1cccc(F)c1Cl)N1CCC(F)(C(=O)O)C1. The number of likely N-dealkylation sites (tertiary alicyclic amines) is 1. The van der Waals surface area contributed by atoms with E-state index in [-0.39, 0.29) is 23.6 Å². The van der Waals surface area contributed by atoms with Crippen LogP contribution in [0.25, 0.3) is 0 Å². The summed E-state index contributed by atoms with van der Waals surface area (Å²) < 4.78 is 27.1. The zero-order valence-electron chi connectivity index (χ0n) is 9.70. The molecule has 0 bridgehead atoms. The van der Waals surface area contributed by atoms with Gasteiger partial charge in [0.1, 0.15) is 5.82 Å². The summed E-state index contributed by atoms with van der Waals surface area (Å²) in [6.07, 6.45) is -0.291. The number of alkyl halides is 1. The van der Waals surface area contributed by atoms with E-state index in [1.54, 1.807) is 0 Å². The van der Waals surface area contributed by atoms with Gasteiger partial charge in [-0.1, -0.05) is 17.7 Å². The number of carbonyl (C=O) groups excluding carboxylic acids is 1. The van der Waals surface area contributed by atoms with Crippen LogP contribution in [0.15, 0.2) is 18.2 Å². The second-order valence-electron chi connectivity index (χ2n) is 4.35. The van der Waals surface area contributed by atoms with Crippen molar-refractivity contribution in [2.45, 2.75) is 12.1 Å². The minimum absolute atomic E-state index is 0.0471. The number of benzene rings is 1. The standard InChI is InChI=1S/C12H10ClF2NO3/c13-9-7(2-1-3-8(9)14)10(17)16-5-4-12(15,6-16)11(18)19/h1-3H,4-6H2,(H,18,19). The van der Waals surface area contributed by atoms with E-state index in [0.717, 1.165) is 11.0 Å². The zero-order chi connectivity index (χ0) is 14.2. The molecule has 1 amide bonds. The van der Waals surface area contributed by atoms with Crippen LogP contribution in [0.1, 0.15) is 16.8 Å². The molecule has 1 heterocycles. The van der Waals surface area contributed by atoms with Crippen molar-refractivity contribution >= 4 is 23.5 Å². The fourth-order valence-corrected chi connectivity index (χ4v) is 2.17. The van der Waals surface area contributed by atoms with Crippen molar-refractivity contribution < 1.29 is 23.5 Å². The van der Waals surface area contributed by atoms with Crippen molar-refractivity contribution in [1.29, 1.82) is 0 Å². The normalized spacial score (nSPS) is 22.6. The first-order valence-corrected chi connectivity index (χ1v) is 5.88. The molecule has 1 aromatic rings. The van der Waals surface area contributed by atoms with Gasteiger partial charge < -0.3 is 10.0 Å². The summed E-state index contributed by atoms with van der Waals surface area (Å²) in [6.45, 7) is -0.609. The quantitative estimate of drug-likeness (QED) is 0.907. The molecule has 0 spiro atoms. The van der Waals surface area contributed by atoms with Crippen LogP contribution in [-0.2, 0) is 4.79 Å². The molecule has 1 saturated heterocycles. The largest absolute Gasteiger partial charge is 0.479 e. The average molecular weight is 290 g/mol. The Morgan fingerprint density at radius 1 is 1.42 bits per heavy atom. The third-order valence-electron chi connectivity index (χ3n) is 3.07. The average Bonchev–Trinajstić information content (AvgIpc) is 2.76. The Morgan fingerprint density at radius 3 is 2.68 bits per heavy atom. The minimum atomic E-state index is -2.45. The molecule has 1 atom stereocenters. The number of carboxylic acids is 1. The summed E-state index contributed by atoms with van der Waals surface area (Å²) in [5.74, 6) is -3.03. The Morgan fingerprint density at radius 2 is 2.11 bits per heavy atom. The highest BCUT2D eigenvalue weighted by atomic mass is 35.5. The van der Waals surface area contributed by atoms with Crippen LogP contribution in [0.5, 0.6) is 0 Å². The number of nitrogens with zero attached hydrogens (tertiary/aromatic N) is 1. The summed E-state index contributed by atoms with van der Waals surface area (Å²) in [5.41, 5.74) is -2.55. The number of amides is 1.